The zero-order chi connectivity index (χ0) is 15.7. The van der Waals surface area contributed by atoms with Crippen LogP contribution in [0.1, 0.15) is 24.8 Å². The van der Waals surface area contributed by atoms with Crippen LogP contribution in [-0.2, 0) is 4.74 Å². The largest absolute Gasteiger partial charge is 0.385 e. The molecule has 0 aliphatic carbocycles. The quantitative estimate of drug-likeness (QED) is 0.457. The van der Waals surface area contributed by atoms with Crippen LogP contribution in [0.2, 0.25) is 10.0 Å². The number of nitrogens with one attached hydrogen (secondary N) is 2. The summed E-state index contributed by atoms with van der Waals surface area (Å²) in [7, 11) is 3.45. The number of ether oxygens (including phenoxy) is 1. The summed E-state index contributed by atoms with van der Waals surface area (Å²) in [5.41, 5.74) is 0.961. The molecule has 0 aliphatic rings. The number of nitrogens with zero attached hydrogens (tertiary/aromatic N) is 1. The van der Waals surface area contributed by atoms with Gasteiger partial charge in [-0.25, -0.2) is 0 Å². The molecular formula is C15H23Cl2N3O. The number of halogens is 2. The van der Waals surface area contributed by atoms with Crippen molar-refractivity contribution in [2.24, 2.45) is 4.99 Å². The molecule has 118 valence electrons. The maximum absolute atomic E-state index is 6.22. The van der Waals surface area contributed by atoms with E-state index in [2.05, 4.69) is 22.5 Å². The molecule has 0 spiro atoms. The lowest BCUT2D eigenvalue weighted by molar-refractivity contribution is 0.195. The molecule has 21 heavy (non-hydrogen) atoms. The monoisotopic (exact) mass is 331 g/mol. The maximum atomic E-state index is 6.22. The van der Waals surface area contributed by atoms with Gasteiger partial charge in [0.2, 0.25) is 0 Å². The van der Waals surface area contributed by atoms with E-state index in [9.17, 15) is 0 Å². The second-order valence-corrected chi connectivity index (χ2v) is 5.58. The van der Waals surface area contributed by atoms with Gasteiger partial charge in [0, 0.05) is 49.8 Å². The second kappa shape index (κ2) is 9.87. The molecule has 0 heterocycles. The van der Waals surface area contributed by atoms with Crippen LogP contribution in [0, 0.1) is 0 Å². The van der Waals surface area contributed by atoms with Gasteiger partial charge in [-0.05, 0) is 24.1 Å². The van der Waals surface area contributed by atoms with Crippen molar-refractivity contribution in [1.82, 2.24) is 10.6 Å². The molecule has 6 heteroatoms. The van der Waals surface area contributed by atoms with Gasteiger partial charge in [-0.3, -0.25) is 4.99 Å². The number of guanidine groups is 1. The van der Waals surface area contributed by atoms with Crippen molar-refractivity contribution in [2.75, 3.05) is 33.9 Å². The second-order valence-electron chi connectivity index (χ2n) is 4.76. The Bertz CT molecular complexity index is 446. The first kappa shape index (κ1) is 18.1. The molecule has 2 N–H and O–H groups in total. The first-order valence-electron chi connectivity index (χ1n) is 6.97. The van der Waals surface area contributed by atoms with Crippen molar-refractivity contribution in [2.45, 2.75) is 19.3 Å². The molecule has 1 aromatic carbocycles. The van der Waals surface area contributed by atoms with E-state index >= 15 is 0 Å². The standard InChI is InChI=1S/C15H23Cl2N3O/c1-11(14-12(16)6-4-7-13(14)17)10-20-15(18-2)19-8-5-9-21-3/h4,6-7,11H,5,8-10H2,1-3H3,(H2,18,19,20). The lowest BCUT2D eigenvalue weighted by Gasteiger charge is -2.18. The summed E-state index contributed by atoms with van der Waals surface area (Å²) in [4.78, 5) is 4.18. The lowest BCUT2D eigenvalue weighted by atomic mass is 10.0. The predicted octanol–water partition coefficient (Wildman–Crippen LogP) is 3.30. The highest BCUT2D eigenvalue weighted by molar-refractivity contribution is 6.36. The van der Waals surface area contributed by atoms with Gasteiger partial charge in [0.15, 0.2) is 5.96 Å². The SMILES string of the molecule is CN=C(NCCCOC)NCC(C)c1c(Cl)cccc1Cl. The van der Waals surface area contributed by atoms with Gasteiger partial charge in [0.1, 0.15) is 0 Å². The molecule has 0 amide bonds. The maximum Gasteiger partial charge on any atom is 0.190 e. The molecule has 4 nitrogen and oxygen atoms in total. The Labute approximate surface area is 136 Å². The number of hydrogen-bond donors (Lipinski definition) is 2. The molecule has 0 aromatic heterocycles. The van der Waals surface area contributed by atoms with Gasteiger partial charge < -0.3 is 15.4 Å². The van der Waals surface area contributed by atoms with E-state index in [4.69, 9.17) is 27.9 Å². The van der Waals surface area contributed by atoms with Crippen LogP contribution in [0.4, 0.5) is 0 Å². The van der Waals surface area contributed by atoms with Crippen molar-refractivity contribution >= 4 is 29.2 Å². The summed E-state index contributed by atoms with van der Waals surface area (Å²) < 4.78 is 5.01. The van der Waals surface area contributed by atoms with Crippen molar-refractivity contribution in [3.63, 3.8) is 0 Å². The fourth-order valence-electron chi connectivity index (χ4n) is 1.98. The van der Waals surface area contributed by atoms with Crippen molar-refractivity contribution < 1.29 is 4.74 Å². The summed E-state index contributed by atoms with van der Waals surface area (Å²) in [5.74, 6) is 0.949. The summed E-state index contributed by atoms with van der Waals surface area (Å²) in [6, 6.07) is 5.57. The molecule has 0 saturated heterocycles. The number of benzene rings is 1. The summed E-state index contributed by atoms with van der Waals surface area (Å²) in [5, 5.41) is 7.90. The predicted molar refractivity (Wildman–Crippen MR) is 90.7 cm³/mol. The van der Waals surface area contributed by atoms with Crippen molar-refractivity contribution in [3.05, 3.63) is 33.8 Å². The van der Waals surface area contributed by atoms with Crippen LogP contribution in [0.15, 0.2) is 23.2 Å². The van der Waals surface area contributed by atoms with Crippen LogP contribution < -0.4 is 10.6 Å². The Morgan fingerprint density at radius 3 is 2.52 bits per heavy atom. The van der Waals surface area contributed by atoms with E-state index in [1.54, 1.807) is 14.2 Å². The third-order valence-electron chi connectivity index (χ3n) is 3.11. The minimum atomic E-state index is 0.184. The van der Waals surface area contributed by atoms with E-state index in [-0.39, 0.29) is 5.92 Å². The number of aliphatic imine (C=N–C) groups is 1. The fourth-order valence-corrected chi connectivity index (χ4v) is 2.75. The molecule has 1 aromatic rings. The third kappa shape index (κ3) is 6.12. The topological polar surface area (TPSA) is 45.7 Å². The van der Waals surface area contributed by atoms with Crippen molar-refractivity contribution in [1.29, 1.82) is 0 Å². The Hall–Kier alpha value is -0.970. The smallest absolute Gasteiger partial charge is 0.190 e. The Morgan fingerprint density at radius 2 is 1.95 bits per heavy atom. The molecule has 0 bridgehead atoms. The zero-order valence-electron chi connectivity index (χ0n) is 12.7. The normalized spacial score (nSPS) is 13.1. The Kier molecular flexibility index (Phi) is 8.50. The van der Waals surface area contributed by atoms with Gasteiger partial charge in [-0.15, -0.1) is 0 Å². The highest BCUT2D eigenvalue weighted by atomic mass is 35.5. The van der Waals surface area contributed by atoms with Crippen LogP contribution in [0.3, 0.4) is 0 Å². The Balaban J connectivity index is 2.49. The van der Waals surface area contributed by atoms with Gasteiger partial charge in [-0.2, -0.15) is 0 Å². The highest BCUT2D eigenvalue weighted by Crippen LogP contribution is 2.30. The van der Waals surface area contributed by atoms with Gasteiger partial charge in [-0.1, -0.05) is 36.2 Å². The minimum Gasteiger partial charge on any atom is -0.385 e. The molecule has 1 rings (SSSR count). The fraction of sp³-hybridized carbons (Fsp3) is 0.533. The third-order valence-corrected chi connectivity index (χ3v) is 3.77. The highest BCUT2D eigenvalue weighted by Gasteiger charge is 2.13. The first-order valence-corrected chi connectivity index (χ1v) is 7.73. The number of hydrogen-bond acceptors (Lipinski definition) is 2. The van der Waals surface area contributed by atoms with E-state index in [1.165, 1.54) is 0 Å². The van der Waals surface area contributed by atoms with E-state index < -0.39 is 0 Å². The van der Waals surface area contributed by atoms with E-state index in [0.29, 0.717) is 16.6 Å². The molecular weight excluding hydrogens is 309 g/mol. The average molecular weight is 332 g/mol. The molecule has 0 saturated carbocycles. The van der Waals surface area contributed by atoms with Crippen LogP contribution in [0.5, 0.6) is 0 Å². The number of methoxy groups -OCH3 is 1. The van der Waals surface area contributed by atoms with E-state index in [0.717, 1.165) is 31.1 Å². The van der Waals surface area contributed by atoms with Crippen molar-refractivity contribution in [3.8, 4) is 0 Å². The molecule has 0 aliphatic heterocycles. The molecule has 1 unspecified atom stereocenters. The zero-order valence-corrected chi connectivity index (χ0v) is 14.3. The lowest BCUT2D eigenvalue weighted by Crippen LogP contribution is -2.39. The Morgan fingerprint density at radius 1 is 1.29 bits per heavy atom. The molecule has 0 fully saturated rings. The minimum absolute atomic E-state index is 0.184. The van der Waals surface area contributed by atoms with Crippen LogP contribution >= 0.6 is 23.2 Å². The van der Waals surface area contributed by atoms with Crippen LogP contribution in [-0.4, -0.2) is 39.8 Å². The summed E-state index contributed by atoms with van der Waals surface area (Å²) in [6.07, 6.45) is 0.934. The van der Waals surface area contributed by atoms with Crippen LogP contribution in [0.25, 0.3) is 0 Å². The van der Waals surface area contributed by atoms with Gasteiger partial charge >= 0.3 is 0 Å². The molecule has 0 radical (unpaired) electrons. The van der Waals surface area contributed by atoms with Gasteiger partial charge in [0.25, 0.3) is 0 Å². The summed E-state index contributed by atoms with van der Waals surface area (Å²) >= 11 is 12.4. The average Bonchev–Trinajstić information content (AvgIpc) is 2.46. The number of rotatable bonds is 7. The first-order chi connectivity index (χ1) is 10.1. The summed E-state index contributed by atoms with van der Waals surface area (Å²) in [6.45, 7) is 4.33. The van der Waals surface area contributed by atoms with Gasteiger partial charge in [0.05, 0.1) is 0 Å². The molecule has 1 atom stereocenters. The van der Waals surface area contributed by atoms with E-state index in [1.807, 2.05) is 18.2 Å².